The predicted octanol–water partition coefficient (Wildman–Crippen LogP) is 1.77. The van der Waals surface area contributed by atoms with Gasteiger partial charge in [0.05, 0.1) is 12.7 Å². The number of thioether (sulfide) groups is 1. The lowest BCUT2D eigenvalue weighted by Gasteiger charge is -2.44. The second-order valence-corrected chi connectivity index (χ2v) is 8.27. The zero-order valence-corrected chi connectivity index (χ0v) is 15.9. The van der Waals surface area contributed by atoms with E-state index in [0.717, 1.165) is 17.2 Å². The van der Waals surface area contributed by atoms with Crippen molar-refractivity contribution in [2.45, 2.75) is 31.9 Å². The van der Waals surface area contributed by atoms with Crippen molar-refractivity contribution in [2.24, 2.45) is 16.6 Å². The van der Waals surface area contributed by atoms with Crippen LogP contribution in [-0.2, 0) is 10.3 Å². The number of anilines is 1. The van der Waals surface area contributed by atoms with Crippen LogP contribution in [-0.4, -0.2) is 44.7 Å². The minimum Gasteiger partial charge on any atom is -0.379 e. The van der Waals surface area contributed by atoms with Gasteiger partial charge in [-0.15, -0.1) is 11.3 Å². The molecule has 9 nitrogen and oxygen atoms in total. The fourth-order valence-corrected chi connectivity index (χ4v) is 5.15. The number of rotatable bonds is 3. The molecule has 0 spiro atoms. The van der Waals surface area contributed by atoms with Gasteiger partial charge in [-0.3, -0.25) is 4.79 Å². The minimum absolute atomic E-state index is 0.0285. The first-order valence-electron chi connectivity index (χ1n) is 8.13. The molecule has 2 aliphatic rings. The van der Waals surface area contributed by atoms with Gasteiger partial charge in [-0.05, 0) is 13.3 Å². The number of fused-ring (bicyclic) bond motifs is 1. The fourth-order valence-electron chi connectivity index (χ4n) is 3.17. The molecule has 1 saturated heterocycles. The van der Waals surface area contributed by atoms with E-state index in [9.17, 15) is 4.79 Å². The van der Waals surface area contributed by atoms with Crippen molar-refractivity contribution < 1.29 is 14.1 Å². The molecule has 0 bridgehead atoms. The van der Waals surface area contributed by atoms with Crippen molar-refractivity contribution in [3.63, 3.8) is 0 Å². The summed E-state index contributed by atoms with van der Waals surface area (Å²) in [4.78, 5) is 25.4. The predicted molar refractivity (Wildman–Crippen MR) is 98.4 cm³/mol. The maximum Gasteiger partial charge on any atom is 0.298 e. The number of aryl methyl sites for hydroxylation is 1. The van der Waals surface area contributed by atoms with Gasteiger partial charge < -0.3 is 20.3 Å². The number of hydrogen-bond acceptors (Lipinski definition) is 10. The summed E-state index contributed by atoms with van der Waals surface area (Å²) >= 11 is 3.00. The molecule has 2 aromatic rings. The largest absolute Gasteiger partial charge is 0.379 e. The van der Waals surface area contributed by atoms with E-state index in [-0.39, 0.29) is 17.8 Å². The monoisotopic (exact) mass is 394 g/mol. The van der Waals surface area contributed by atoms with E-state index in [4.69, 9.17) is 20.0 Å². The van der Waals surface area contributed by atoms with E-state index < -0.39 is 11.4 Å². The summed E-state index contributed by atoms with van der Waals surface area (Å²) in [5.41, 5.74) is 5.42. The second-order valence-electron chi connectivity index (χ2n) is 6.37. The molecular formula is C15H18N6O3S2. The Hall–Kier alpha value is -1.98. The van der Waals surface area contributed by atoms with Crippen LogP contribution in [0.15, 0.2) is 14.9 Å². The molecule has 3 N–H and O–H groups in total. The molecule has 2 aromatic heterocycles. The van der Waals surface area contributed by atoms with Crippen LogP contribution >= 0.6 is 23.1 Å². The number of aromatic nitrogens is 3. The van der Waals surface area contributed by atoms with Crippen LogP contribution in [0.25, 0.3) is 0 Å². The number of amides is 1. The Morgan fingerprint density at radius 2 is 2.31 bits per heavy atom. The van der Waals surface area contributed by atoms with Crippen LogP contribution < -0.4 is 11.1 Å². The zero-order valence-electron chi connectivity index (χ0n) is 14.3. The number of carbonyl (C=O) groups is 1. The topological polar surface area (TPSA) is 129 Å². The number of nitrogens with two attached hydrogens (primary N) is 1. The quantitative estimate of drug-likeness (QED) is 0.806. The summed E-state index contributed by atoms with van der Waals surface area (Å²) in [7, 11) is 0. The summed E-state index contributed by atoms with van der Waals surface area (Å²) in [5.74, 6) is 1.43. The maximum atomic E-state index is 12.2. The van der Waals surface area contributed by atoms with Gasteiger partial charge in [0.2, 0.25) is 5.89 Å². The zero-order chi connectivity index (χ0) is 18.3. The second kappa shape index (κ2) is 6.63. The molecule has 0 radical (unpaired) electrons. The number of nitrogens with zero attached hydrogens (tertiary/aromatic N) is 4. The van der Waals surface area contributed by atoms with E-state index in [0.29, 0.717) is 23.5 Å². The molecular weight excluding hydrogens is 376 g/mol. The van der Waals surface area contributed by atoms with Crippen molar-refractivity contribution in [1.82, 2.24) is 15.1 Å². The first-order valence-corrected chi connectivity index (χ1v) is 10.00. The number of hydrogen-bond donors (Lipinski definition) is 2. The van der Waals surface area contributed by atoms with Crippen molar-refractivity contribution in [3.8, 4) is 0 Å². The third-order valence-electron chi connectivity index (χ3n) is 4.47. The van der Waals surface area contributed by atoms with Crippen molar-refractivity contribution in [1.29, 1.82) is 0 Å². The molecule has 4 rings (SSSR count). The average molecular weight is 394 g/mol. The number of nitrogens with one attached hydrogen (secondary N) is 1. The number of ether oxygens (including phenoxy) is 1. The lowest BCUT2D eigenvalue weighted by atomic mass is 9.80. The van der Waals surface area contributed by atoms with Gasteiger partial charge in [-0.1, -0.05) is 16.9 Å². The molecule has 0 aromatic carbocycles. The molecule has 4 heterocycles. The van der Waals surface area contributed by atoms with Crippen molar-refractivity contribution in [3.05, 3.63) is 22.1 Å². The van der Waals surface area contributed by atoms with Crippen LogP contribution in [0.4, 0.5) is 5.82 Å². The normalized spacial score (nSPS) is 28.3. The molecule has 0 aliphatic carbocycles. The Balaban J connectivity index is 1.59. The maximum absolute atomic E-state index is 12.2. The molecule has 0 saturated carbocycles. The smallest absolute Gasteiger partial charge is 0.298 e. The van der Waals surface area contributed by atoms with E-state index in [1.54, 1.807) is 24.1 Å². The van der Waals surface area contributed by atoms with E-state index in [1.165, 1.54) is 11.3 Å². The van der Waals surface area contributed by atoms with Gasteiger partial charge in [0.15, 0.2) is 5.17 Å². The highest BCUT2D eigenvalue weighted by Crippen LogP contribution is 2.46. The number of amidine groups is 1. The number of carbonyl (C=O) groups excluding carboxylic acids is 1. The molecule has 1 unspecified atom stereocenters. The summed E-state index contributed by atoms with van der Waals surface area (Å²) < 4.78 is 10.7. The Kier molecular flexibility index (Phi) is 4.45. The highest BCUT2D eigenvalue weighted by atomic mass is 32.2. The van der Waals surface area contributed by atoms with Gasteiger partial charge in [0.1, 0.15) is 16.4 Å². The molecule has 1 fully saturated rings. The standard InChI is InChI=1S/C15H18N6O3S2/c1-7-3-9-4-26-14(16)20-15(9,6-23-7)13-19-10(5-25-13)18-12(22)11-17-8(2)24-21-11/h5,7,9H,3-4,6H2,1-2H3,(H2,16,20)(H,18,22)/t7-,9-,15?/m0/s1. The molecule has 138 valence electrons. The van der Waals surface area contributed by atoms with E-state index in [2.05, 4.69) is 27.4 Å². The van der Waals surface area contributed by atoms with Crippen LogP contribution in [0.5, 0.6) is 0 Å². The summed E-state index contributed by atoms with van der Waals surface area (Å²) in [6.07, 6.45) is 1.08. The van der Waals surface area contributed by atoms with E-state index >= 15 is 0 Å². The number of aliphatic imine (C=N–C) groups is 1. The minimum atomic E-state index is -0.585. The van der Waals surface area contributed by atoms with Crippen LogP contribution in [0.2, 0.25) is 0 Å². The average Bonchev–Trinajstić information content (AvgIpc) is 3.24. The third-order valence-corrected chi connectivity index (χ3v) is 6.43. The highest BCUT2D eigenvalue weighted by molar-refractivity contribution is 8.13. The fraction of sp³-hybridized carbons (Fsp3) is 0.533. The summed E-state index contributed by atoms with van der Waals surface area (Å²) in [5, 5.41) is 9.41. The molecule has 2 aliphatic heterocycles. The Labute approximate surface area is 157 Å². The van der Waals surface area contributed by atoms with Crippen LogP contribution in [0.1, 0.15) is 34.9 Å². The molecule has 26 heavy (non-hydrogen) atoms. The van der Waals surface area contributed by atoms with Crippen LogP contribution in [0.3, 0.4) is 0 Å². The molecule has 3 atom stereocenters. The highest BCUT2D eigenvalue weighted by Gasteiger charge is 2.49. The molecule has 1 amide bonds. The summed E-state index contributed by atoms with van der Waals surface area (Å²) in [6.45, 7) is 4.12. The van der Waals surface area contributed by atoms with Crippen LogP contribution in [0, 0.1) is 12.8 Å². The Morgan fingerprint density at radius 1 is 1.46 bits per heavy atom. The van der Waals surface area contributed by atoms with Gasteiger partial charge in [-0.2, -0.15) is 4.98 Å². The Morgan fingerprint density at radius 3 is 3.08 bits per heavy atom. The Bertz CT molecular complexity index is 865. The summed E-state index contributed by atoms with van der Waals surface area (Å²) in [6, 6.07) is 0. The lowest BCUT2D eigenvalue weighted by molar-refractivity contribution is -0.0466. The first kappa shape index (κ1) is 17.4. The molecule has 11 heteroatoms. The van der Waals surface area contributed by atoms with Crippen molar-refractivity contribution in [2.75, 3.05) is 17.7 Å². The van der Waals surface area contributed by atoms with Gasteiger partial charge in [0.25, 0.3) is 11.7 Å². The van der Waals surface area contributed by atoms with Crippen molar-refractivity contribution >= 4 is 40.0 Å². The lowest BCUT2D eigenvalue weighted by Crippen LogP contribution is -2.49. The SMILES string of the molecule is Cc1nc(C(=O)Nc2csc(C34CO[C@@H](C)C[C@H]3CSC(N)=N4)n2)no1. The van der Waals surface area contributed by atoms with Gasteiger partial charge in [0, 0.05) is 24.0 Å². The van der Waals surface area contributed by atoms with Gasteiger partial charge in [-0.25, -0.2) is 9.98 Å². The number of thiazole rings is 1. The third kappa shape index (κ3) is 3.10. The first-order chi connectivity index (χ1) is 12.5. The van der Waals surface area contributed by atoms with Gasteiger partial charge >= 0.3 is 0 Å². The van der Waals surface area contributed by atoms with E-state index in [1.807, 2.05) is 0 Å².